The van der Waals surface area contributed by atoms with E-state index in [0.717, 1.165) is 30.9 Å². The molecule has 2 aromatic rings. The highest BCUT2D eigenvalue weighted by molar-refractivity contribution is 14.1. The van der Waals surface area contributed by atoms with Crippen LogP contribution in [-0.2, 0) is 6.42 Å². The first-order valence-electron chi connectivity index (χ1n) is 5.28. The minimum atomic E-state index is 0.776. The molecule has 0 N–H and O–H groups in total. The van der Waals surface area contributed by atoms with Crippen LogP contribution in [0.4, 0.5) is 0 Å². The van der Waals surface area contributed by atoms with Crippen molar-refractivity contribution in [3.05, 3.63) is 40.0 Å². The van der Waals surface area contributed by atoms with Crippen LogP contribution in [-0.4, -0.2) is 16.2 Å². The van der Waals surface area contributed by atoms with Crippen molar-refractivity contribution in [2.75, 3.05) is 6.61 Å². The Morgan fingerprint density at radius 3 is 3.25 bits per heavy atom. The van der Waals surface area contributed by atoms with E-state index in [0.29, 0.717) is 0 Å². The lowest BCUT2D eigenvalue weighted by Gasteiger charge is -2.17. The van der Waals surface area contributed by atoms with Gasteiger partial charge in [0.1, 0.15) is 5.75 Å². The molecule has 82 valence electrons. The van der Waals surface area contributed by atoms with E-state index >= 15 is 0 Å². The summed E-state index contributed by atoms with van der Waals surface area (Å²) in [6, 6.07) is 6.26. The number of nitrogens with zero attached hydrogens (tertiary/aromatic N) is 2. The summed E-state index contributed by atoms with van der Waals surface area (Å²) in [5, 5.41) is 0. The van der Waals surface area contributed by atoms with E-state index in [1.165, 1.54) is 9.26 Å². The topological polar surface area (TPSA) is 27.1 Å². The molecule has 0 radical (unpaired) electrons. The van der Waals surface area contributed by atoms with Crippen LogP contribution in [0.2, 0.25) is 0 Å². The van der Waals surface area contributed by atoms with Gasteiger partial charge in [0, 0.05) is 15.5 Å². The zero-order valence-electron chi connectivity index (χ0n) is 8.69. The molecule has 0 spiro atoms. The lowest BCUT2D eigenvalue weighted by molar-refractivity contribution is 0.304. The lowest BCUT2D eigenvalue weighted by atomic mass is 10.2. The van der Waals surface area contributed by atoms with Gasteiger partial charge in [-0.2, -0.15) is 0 Å². The van der Waals surface area contributed by atoms with Crippen LogP contribution in [0.25, 0.3) is 5.69 Å². The van der Waals surface area contributed by atoms with Gasteiger partial charge in [-0.15, -0.1) is 0 Å². The molecular formula is C12H11IN2O. The predicted octanol–water partition coefficient (Wildman–Crippen LogP) is 2.80. The number of aryl methyl sites for hydroxylation is 1. The van der Waals surface area contributed by atoms with E-state index < -0.39 is 0 Å². The summed E-state index contributed by atoms with van der Waals surface area (Å²) >= 11 is 2.30. The molecule has 1 aliphatic heterocycles. The summed E-state index contributed by atoms with van der Waals surface area (Å²) in [4.78, 5) is 4.21. The van der Waals surface area contributed by atoms with Gasteiger partial charge in [-0.3, -0.25) is 4.57 Å². The zero-order chi connectivity index (χ0) is 11.0. The lowest BCUT2D eigenvalue weighted by Crippen LogP contribution is -2.10. The van der Waals surface area contributed by atoms with E-state index in [9.17, 15) is 0 Å². The highest BCUT2D eigenvalue weighted by Gasteiger charge is 2.13. The molecular weight excluding hydrogens is 315 g/mol. The number of rotatable bonds is 0. The second-order valence-electron chi connectivity index (χ2n) is 3.82. The van der Waals surface area contributed by atoms with E-state index in [1.54, 1.807) is 0 Å². The molecule has 2 heterocycles. The monoisotopic (exact) mass is 326 g/mol. The molecule has 0 fully saturated rings. The van der Waals surface area contributed by atoms with Crippen molar-refractivity contribution >= 4 is 22.6 Å². The van der Waals surface area contributed by atoms with Gasteiger partial charge in [-0.1, -0.05) is 0 Å². The Kier molecular flexibility index (Phi) is 2.59. The summed E-state index contributed by atoms with van der Waals surface area (Å²) in [6.45, 7) is 0.776. The Labute approximate surface area is 108 Å². The zero-order valence-corrected chi connectivity index (χ0v) is 10.8. The first-order chi connectivity index (χ1) is 7.84. The summed E-state index contributed by atoms with van der Waals surface area (Å²) < 4.78 is 9.09. The molecule has 0 aliphatic carbocycles. The molecule has 0 saturated heterocycles. The van der Waals surface area contributed by atoms with E-state index in [1.807, 2.05) is 12.5 Å². The fourth-order valence-electron chi connectivity index (χ4n) is 1.96. The Hall–Kier alpha value is -1.04. The first-order valence-corrected chi connectivity index (χ1v) is 6.36. The Bertz CT molecular complexity index is 521. The van der Waals surface area contributed by atoms with Crippen molar-refractivity contribution < 1.29 is 4.74 Å². The third-order valence-electron chi connectivity index (χ3n) is 2.73. The molecule has 1 aromatic carbocycles. The van der Waals surface area contributed by atoms with Crippen LogP contribution in [0.15, 0.2) is 30.7 Å². The molecule has 0 amide bonds. The molecule has 3 rings (SSSR count). The molecule has 0 bridgehead atoms. The van der Waals surface area contributed by atoms with Gasteiger partial charge in [-0.25, -0.2) is 4.98 Å². The van der Waals surface area contributed by atoms with E-state index in [-0.39, 0.29) is 0 Å². The van der Waals surface area contributed by atoms with Crippen molar-refractivity contribution in [3.63, 3.8) is 0 Å². The maximum Gasteiger partial charge on any atom is 0.144 e. The molecule has 0 saturated carbocycles. The normalized spacial score (nSPS) is 14.3. The smallest absolute Gasteiger partial charge is 0.144 e. The average molecular weight is 326 g/mol. The number of benzene rings is 1. The summed E-state index contributed by atoms with van der Waals surface area (Å²) in [5.74, 6) is 0.950. The molecule has 1 aromatic heterocycles. The van der Waals surface area contributed by atoms with E-state index in [4.69, 9.17) is 4.74 Å². The number of imidazole rings is 1. The van der Waals surface area contributed by atoms with Crippen molar-refractivity contribution in [3.8, 4) is 11.4 Å². The number of aromatic nitrogens is 2. The molecule has 0 atom stereocenters. The number of fused-ring (bicyclic) bond motifs is 3. The van der Waals surface area contributed by atoms with Crippen molar-refractivity contribution in [1.29, 1.82) is 0 Å². The third kappa shape index (κ3) is 1.71. The van der Waals surface area contributed by atoms with Gasteiger partial charge in [0.15, 0.2) is 0 Å². The van der Waals surface area contributed by atoms with Gasteiger partial charge < -0.3 is 4.74 Å². The Morgan fingerprint density at radius 1 is 1.38 bits per heavy atom. The van der Waals surface area contributed by atoms with Gasteiger partial charge in [0.2, 0.25) is 0 Å². The first kappa shape index (κ1) is 10.1. The minimum absolute atomic E-state index is 0.776. The van der Waals surface area contributed by atoms with Crippen molar-refractivity contribution in [2.45, 2.75) is 12.8 Å². The van der Waals surface area contributed by atoms with Gasteiger partial charge in [-0.05, 0) is 53.6 Å². The molecule has 3 nitrogen and oxygen atoms in total. The number of hydrogen-bond acceptors (Lipinski definition) is 2. The molecule has 0 unspecified atom stereocenters. The van der Waals surface area contributed by atoms with Crippen LogP contribution < -0.4 is 4.74 Å². The standard InChI is InChI=1S/C12H11IN2O/c13-9-3-4-11-12(6-9)16-5-1-2-10-7-14-8-15(10)11/h3-4,6-8H,1-2,5H2. The van der Waals surface area contributed by atoms with Crippen LogP contribution in [0.5, 0.6) is 5.75 Å². The summed E-state index contributed by atoms with van der Waals surface area (Å²) in [6.07, 6.45) is 5.85. The van der Waals surface area contributed by atoms with Gasteiger partial charge >= 0.3 is 0 Å². The SMILES string of the molecule is Ic1ccc2c(c1)OCCCc1cncn1-2. The van der Waals surface area contributed by atoms with Gasteiger partial charge in [0.05, 0.1) is 18.6 Å². The molecule has 4 heteroatoms. The maximum atomic E-state index is 5.78. The minimum Gasteiger partial charge on any atom is -0.491 e. The van der Waals surface area contributed by atoms with Crippen LogP contribution in [0.1, 0.15) is 12.1 Å². The number of hydrogen-bond donors (Lipinski definition) is 0. The number of halogens is 1. The summed E-state index contributed by atoms with van der Waals surface area (Å²) in [7, 11) is 0. The predicted molar refractivity (Wildman–Crippen MR) is 70.1 cm³/mol. The maximum absolute atomic E-state index is 5.78. The van der Waals surface area contributed by atoms with E-state index in [2.05, 4.69) is 50.3 Å². The Balaban J connectivity index is 2.20. The van der Waals surface area contributed by atoms with Crippen molar-refractivity contribution in [1.82, 2.24) is 9.55 Å². The third-order valence-corrected chi connectivity index (χ3v) is 3.40. The summed E-state index contributed by atoms with van der Waals surface area (Å²) in [5.41, 5.74) is 2.35. The Morgan fingerprint density at radius 2 is 2.31 bits per heavy atom. The second kappa shape index (κ2) is 4.08. The average Bonchev–Trinajstić information content (AvgIpc) is 2.69. The number of ether oxygens (including phenoxy) is 1. The highest BCUT2D eigenvalue weighted by atomic mass is 127. The molecule has 1 aliphatic rings. The highest BCUT2D eigenvalue weighted by Crippen LogP contribution is 2.28. The fourth-order valence-corrected chi connectivity index (χ4v) is 2.42. The largest absolute Gasteiger partial charge is 0.491 e. The van der Waals surface area contributed by atoms with Crippen LogP contribution in [0, 0.1) is 3.57 Å². The fraction of sp³-hybridized carbons (Fsp3) is 0.250. The van der Waals surface area contributed by atoms with Gasteiger partial charge in [0.25, 0.3) is 0 Å². The van der Waals surface area contributed by atoms with Crippen molar-refractivity contribution in [2.24, 2.45) is 0 Å². The van der Waals surface area contributed by atoms with Crippen LogP contribution in [0.3, 0.4) is 0 Å². The second-order valence-corrected chi connectivity index (χ2v) is 5.06. The van der Waals surface area contributed by atoms with Crippen LogP contribution >= 0.6 is 22.6 Å². The molecule has 16 heavy (non-hydrogen) atoms. The quantitative estimate of drug-likeness (QED) is 0.696.